The Morgan fingerprint density at radius 1 is 1.16 bits per heavy atom. The van der Waals surface area contributed by atoms with Crippen LogP contribution >= 0.6 is 0 Å². The third-order valence-electron chi connectivity index (χ3n) is 4.01. The van der Waals surface area contributed by atoms with Crippen molar-refractivity contribution in [2.45, 2.75) is 31.7 Å². The van der Waals surface area contributed by atoms with Gasteiger partial charge >= 0.3 is 0 Å². The minimum absolute atomic E-state index is 0.345. The molecule has 1 atom stereocenters. The first-order chi connectivity index (χ1) is 9.20. The van der Waals surface area contributed by atoms with Gasteiger partial charge in [0.25, 0.3) is 0 Å². The molecule has 2 aliphatic rings. The number of hydrogen-bond donors (Lipinski definition) is 1. The maximum atomic E-state index is 13.2. The van der Waals surface area contributed by atoms with E-state index in [0.29, 0.717) is 11.7 Å². The lowest BCUT2D eigenvalue weighted by molar-refractivity contribution is 0.208. The predicted octanol–water partition coefficient (Wildman–Crippen LogP) is 3.25. The van der Waals surface area contributed by atoms with E-state index in [4.69, 9.17) is 0 Å². The molecule has 1 aliphatic heterocycles. The van der Waals surface area contributed by atoms with Crippen molar-refractivity contribution in [3.05, 3.63) is 29.8 Å². The number of benzene rings is 1. The molecular formula is C15H20F2N2. The van der Waals surface area contributed by atoms with E-state index in [1.54, 1.807) is 6.07 Å². The second kappa shape index (κ2) is 5.45. The molecule has 1 aromatic rings. The van der Waals surface area contributed by atoms with Crippen LogP contribution in [0.4, 0.5) is 14.5 Å². The minimum atomic E-state index is -0.787. The van der Waals surface area contributed by atoms with E-state index in [0.717, 1.165) is 18.9 Å². The molecular weight excluding hydrogens is 246 g/mol. The van der Waals surface area contributed by atoms with Gasteiger partial charge in [-0.05, 0) is 50.3 Å². The Bertz CT molecular complexity index is 446. The standard InChI is InChI=1S/C15H20F2N2/c16-14-6-5-12(8-15(14)17)18-13-2-1-7-19(10-13)9-11-3-4-11/h5-6,8,11,13,18H,1-4,7,9-10H2. The lowest BCUT2D eigenvalue weighted by Gasteiger charge is -2.33. The lowest BCUT2D eigenvalue weighted by atomic mass is 10.0. The van der Waals surface area contributed by atoms with Crippen LogP contribution in [0.25, 0.3) is 0 Å². The van der Waals surface area contributed by atoms with Crippen molar-refractivity contribution in [2.75, 3.05) is 25.0 Å². The highest BCUT2D eigenvalue weighted by Gasteiger charge is 2.27. The summed E-state index contributed by atoms with van der Waals surface area (Å²) in [6.45, 7) is 3.39. The van der Waals surface area contributed by atoms with Crippen molar-refractivity contribution in [1.82, 2.24) is 4.90 Å². The molecule has 0 bridgehead atoms. The molecule has 0 radical (unpaired) electrons. The smallest absolute Gasteiger partial charge is 0.160 e. The van der Waals surface area contributed by atoms with Crippen molar-refractivity contribution in [2.24, 2.45) is 5.92 Å². The minimum Gasteiger partial charge on any atom is -0.381 e. The van der Waals surface area contributed by atoms with E-state index in [9.17, 15) is 8.78 Å². The third-order valence-corrected chi connectivity index (χ3v) is 4.01. The van der Waals surface area contributed by atoms with E-state index in [-0.39, 0.29) is 0 Å². The lowest BCUT2D eigenvalue weighted by Crippen LogP contribution is -2.42. The summed E-state index contributed by atoms with van der Waals surface area (Å²) in [6, 6.07) is 4.38. The van der Waals surface area contributed by atoms with Crippen molar-refractivity contribution < 1.29 is 8.78 Å². The molecule has 0 spiro atoms. The number of halogens is 2. The molecule has 2 fully saturated rings. The summed E-state index contributed by atoms with van der Waals surface area (Å²) in [5.41, 5.74) is 0.678. The van der Waals surface area contributed by atoms with Gasteiger partial charge in [0, 0.05) is 30.9 Å². The van der Waals surface area contributed by atoms with Crippen LogP contribution < -0.4 is 5.32 Å². The Morgan fingerprint density at radius 3 is 2.74 bits per heavy atom. The van der Waals surface area contributed by atoms with Crippen LogP contribution in [0.15, 0.2) is 18.2 Å². The summed E-state index contributed by atoms with van der Waals surface area (Å²) in [7, 11) is 0. The molecule has 1 N–H and O–H groups in total. The van der Waals surface area contributed by atoms with Gasteiger partial charge in [-0.25, -0.2) is 8.78 Å². The first-order valence-electron chi connectivity index (χ1n) is 7.14. The molecule has 104 valence electrons. The van der Waals surface area contributed by atoms with Gasteiger partial charge in [-0.1, -0.05) is 0 Å². The van der Waals surface area contributed by atoms with Crippen molar-refractivity contribution in [3.8, 4) is 0 Å². The highest BCUT2D eigenvalue weighted by molar-refractivity contribution is 5.44. The zero-order chi connectivity index (χ0) is 13.2. The van der Waals surface area contributed by atoms with Crippen LogP contribution in [-0.2, 0) is 0 Å². The summed E-state index contributed by atoms with van der Waals surface area (Å²) in [5.74, 6) is -0.665. The van der Waals surface area contributed by atoms with Gasteiger partial charge in [-0.15, -0.1) is 0 Å². The first kappa shape index (κ1) is 12.9. The van der Waals surface area contributed by atoms with Crippen molar-refractivity contribution in [1.29, 1.82) is 0 Å². The van der Waals surface area contributed by atoms with Gasteiger partial charge < -0.3 is 10.2 Å². The van der Waals surface area contributed by atoms with Gasteiger partial charge in [0.05, 0.1) is 0 Å². The third kappa shape index (κ3) is 3.44. The number of hydrogen-bond acceptors (Lipinski definition) is 2. The SMILES string of the molecule is Fc1ccc(NC2CCCN(CC3CC3)C2)cc1F. The van der Waals surface area contributed by atoms with E-state index < -0.39 is 11.6 Å². The summed E-state index contributed by atoms with van der Waals surface area (Å²) in [5, 5.41) is 3.32. The Kier molecular flexibility index (Phi) is 3.69. The van der Waals surface area contributed by atoms with Gasteiger partial charge in [0.1, 0.15) is 0 Å². The zero-order valence-electron chi connectivity index (χ0n) is 11.0. The molecule has 1 aliphatic carbocycles. The first-order valence-corrected chi connectivity index (χ1v) is 7.14. The second-order valence-corrected chi connectivity index (χ2v) is 5.82. The number of piperidine rings is 1. The van der Waals surface area contributed by atoms with Crippen LogP contribution in [0.3, 0.4) is 0 Å². The highest BCUT2D eigenvalue weighted by atomic mass is 19.2. The quantitative estimate of drug-likeness (QED) is 0.900. The van der Waals surface area contributed by atoms with E-state index in [1.807, 2.05) is 0 Å². The fourth-order valence-electron chi connectivity index (χ4n) is 2.83. The molecule has 0 aromatic heterocycles. The fourth-order valence-corrected chi connectivity index (χ4v) is 2.83. The Balaban J connectivity index is 1.57. The van der Waals surface area contributed by atoms with E-state index >= 15 is 0 Å². The molecule has 1 aromatic carbocycles. The zero-order valence-corrected chi connectivity index (χ0v) is 11.0. The van der Waals surface area contributed by atoms with Gasteiger partial charge in [-0.3, -0.25) is 0 Å². The number of anilines is 1. The summed E-state index contributed by atoms with van der Waals surface area (Å²) < 4.78 is 26.0. The fraction of sp³-hybridized carbons (Fsp3) is 0.600. The Morgan fingerprint density at radius 2 is 2.00 bits per heavy atom. The average molecular weight is 266 g/mol. The highest BCUT2D eigenvalue weighted by Crippen LogP contribution is 2.30. The van der Waals surface area contributed by atoms with Crippen LogP contribution in [0, 0.1) is 17.6 Å². The van der Waals surface area contributed by atoms with Crippen LogP contribution in [0.2, 0.25) is 0 Å². The van der Waals surface area contributed by atoms with E-state index in [1.165, 1.54) is 44.5 Å². The Labute approximate surface area is 112 Å². The maximum absolute atomic E-state index is 13.2. The van der Waals surface area contributed by atoms with Crippen LogP contribution in [-0.4, -0.2) is 30.6 Å². The molecule has 4 heteroatoms. The normalized spacial score (nSPS) is 24.4. The van der Waals surface area contributed by atoms with Gasteiger partial charge in [0.15, 0.2) is 11.6 Å². The molecule has 3 rings (SSSR count). The van der Waals surface area contributed by atoms with Gasteiger partial charge in [-0.2, -0.15) is 0 Å². The van der Waals surface area contributed by atoms with Crippen molar-refractivity contribution in [3.63, 3.8) is 0 Å². The Hall–Kier alpha value is -1.16. The summed E-state index contributed by atoms with van der Waals surface area (Å²) in [4.78, 5) is 2.50. The number of nitrogens with zero attached hydrogens (tertiary/aromatic N) is 1. The average Bonchev–Trinajstić information content (AvgIpc) is 3.18. The molecule has 1 saturated carbocycles. The molecule has 1 unspecified atom stereocenters. The molecule has 1 heterocycles. The summed E-state index contributed by atoms with van der Waals surface area (Å²) >= 11 is 0. The number of rotatable bonds is 4. The number of nitrogens with one attached hydrogen (secondary N) is 1. The molecule has 0 amide bonds. The molecule has 1 saturated heterocycles. The largest absolute Gasteiger partial charge is 0.381 e. The van der Waals surface area contributed by atoms with Crippen molar-refractivity contribution >= 4 is 5.69 Å². The van der Waals surface area contributed by atoms with Gasteiger partial charge in [0.2, 0.25) is 0 Å². The summed E-state index contributed by atoms with van der Waals surface area (Å²) in [6.07, 6.45) is 5.02. The van der Waals surface area contributed by atoms with E-state index in [2.05, 4.69) is 10.2 Å². The maximum Gasteiger partial charge on any atom is 0.160 e. The number of likely N-dealkylation sites (tertiary alicyclic amines) is 1. The predicted molar refractivity (Wildman–Crippen MR) is 72.2 cm³/mol. The molecule has 2 nitrogen and oxygen atoms in total. The van der Waals surface area contributed by atoms with Crippen LogP contribution in [0.1, 0.15) is 25.7 Å². The topological polar surface area (TPSA) is 15.3 Å². The second-order valence-electron chi connectivity index (χ2n) is 5.82. The molecule has 19 heavy (non-hydrogen) atoms. The monoisotopic (exact) mass is 266 g/mol. The van der Waals surface area contributed by atoms with Crippen LogP contribution in [0.5, 0.6) is 0 Å².